The molecule has 1 heterocycles. The maximum Gasteiger partial charge on any atom is 0.284 e. The number of hydrogen-bond acceptors (Lipinski definition) is 5. The second kappa shape index (κ2) is 8.13. The fraction of sp³-hybridized carbons (Fsp3) is 0.375. The van der Waals surface area contributed by atoms with Gasteiger partial charge in [0.15, 0.2) is 9.84 Å². The van der Waals surface area contributed by atoms with E-state index in [9.17, 15) is 17.2 Å². The van der Waals surface area contributed by atoms with Crippen LogP contribution >= 0.6 is 11.8 Å². The number of rotatable bonds is 8. The highest BCUT2D eigenvalue weighted by Crippen LogP contribution is 2.22. The van der Waals surface area contributed by atoms with Crippen LogP contribution in [0.1, 0.15) is 30.0 Å². The molecule has 1 unspecified atom stereocenters. The van der Waals surface area contributed by atoms with Crippen LogP contribution in [0.5, 0.6) is 0 Å². The maximum absolute atomic E-state index is 12.1. The molecule has 24 heavy (non-hydrogen) atoms. The Morgan fingerprint density at radius 2 is 1.75 bits per heavy atom. The Balaban J connectivity index is 1.90. The highest BCUT2D eigenvalue weighted by Gasteiger charge is 2.11. The van der Waals surface area contributed by atoms with Crippen molar-refractivity contribution in [1.29, 1.82) is 0 Å². The third kappa shape index (κ3) is 5.61. The average Bonchev–Trinajstić information content (AvgIpc) is 2.98. The number of halogens is 2. The van der Waals surface area contributed by atoms with Gasteiger partial charge in [0.2, 0.25) is 0 Å². The fourth-order valence-corrected chi connectivity index (χ4v) is 3.19. The zero-order valence-electron chi connectivity index (χ0n) is 13.3. The minimum atomic E-state index is -3.20. The molecule has 0 saturated heterocycles. The van der Waals surface area contributed by atoms with Crippen molar-refractivity contribution in [2.45, 2.75) is 35.9 Å². The molecule has 0 fully saturated rings. The Hall–Kier alpha value is -1.38. The Bertz CT molecular complexity index is 758. The summed E-state index contributed by atoms with van der Waals surface area (Å²) in [5.74, 6) is -1.09. The van der Waals surface area contributed by atoms with E-state index < -0.39 is 15.6 Å². The predicted octanol–water partition coefficient (Wildman–Crippen LogP) is 3.99. The number of furan rings is 1. The smallest absolute Gasteiger partial charge is 0.284 e. The molecule has 4 nitrogen and oxygen atoms in total. The van der Waals surface area contributed by atoms with Gasteiger partial charge in [0.05, 0.1) is 17.2 Å². The summed E-state index contributed by atoms with van der Waals surface area (Å²) in [6, 6.07) is 10.1. The van der Waals surface area contributed by atoms with Crippen molar-refractivity contribution in [3.8, 4) is 0 Å². The molecule has 0 spiro atoms. The molecular weight excluding hydrogens is 356 g/mol. The maximum atomic E-state index is 12.1. The van der Waals surface area contributed by atoms with Gasteiger partial charge in [-0.2, -0.15) is 8.78 Å². The molecule has 0 aliphatic heterocycles. The van der Waals surface area contributed by atoms with Crippen molar-refractivity contribution in [3.63, 3.8) is 0 Å². The molecule has 0 amide bonds. The van der Waals surface area contributed by atoms with Crippen LogP contribution in [0.25, 0.3) is 0 Å². The van der Waals surface area contributed by atoms with Gasteiger partial charge < -0.3 is 9.73 Å². The first kappa shape index (κ1) is 19.0. The Labute approximate surface area is 144 Å². The normalized spacial score (nSPS) is 13.4. The third-order valence-corrected chi connectivity index (χ3v) is 5.29. The van der Waals surface area contributed by atoms with Crippen molar-refractivity contribution < 1.29 is 21.6 Å². The molecule has 2 rings (SSSR count). The van der Waals surface area contributed by atoms with E-state index in [1.54, 1.807) is 36.4 Å². The zero-order chi connectivity index (χ0) is 17.7. The van der Waals surface area contributed by atoms with Gasteiger partial charge in [0, 0.05) is 12.3 Å². The molecule has 0 aliphatic carbocycles. The van der Waals surface area contributed by atoms with Gasteiger partial charge >= 0.3 is 0 Å². The number of sulfone groups is 1. The summed E-state index contributed by atoms with van der Waals surface area (Å²) < 4.78 is 52.7. The molecule has 0 bridgehead atoms. The predicted molar refractivity (Wildman–Crippen MR) is 90.8 cm³/mol. The van der Waals surface area contributed by atoms with Crippen LogP contribution in [0.4, 0.5) is 8.78 Å². The summed E-state index contributed by atoms with van der Waals surface area (Å²) in [4.78, 5) is 0.283. The van der Waals surface area contributed by atoms with Crippen LogP contribution in [-0.4, -0.2) is 20.4 Å². The average molecular weight is 375 g/mol. The quantitative estimate of drug-likeness (QED) is 0.756. The van der Waals surface area contributed by atoms with Gasteiger partial charge in [0.25, 0.3) is 5.76 Å². The van der Waals surface area contributed by atoms with Crippen LogP contribution in [0, 0.1) is 0 Å². The largest absolute Gasteiger partial charge is 0.464 e. The molecule has 1 atom stereocenters. The van der Waals surface area contributed by atoms with E-state index in [1.165, 1.54) is 6.26 Å². The number of benzene rings is 1. The standard InChI is InChI=1S/C16H19F2NO3S2/c1-11(12-3-7-15(8-4-12)24(2,20)21)19-9-13-5-6-14(22-13)10-23-16(17)18/h3-8,11,16,19H,9-10H2,1-2H3. The monoisotopic (exact) mass is 375 g/mol. The van der Waals surface area contributed by atoms with E-state index >= 15 is 0 Å². The molecule has 0 saturated carbocycles. The van der Waals surface area contributed by atoms with Gasteiger partial charge in [-0.05, 0) is 36.8 Å². The minimum Gasteiger partial charge on any atom is -0.464 e. The van der Waals surface area contributed by atoms with Crippen LogP contribution in [0.3, 0.4) is 0 Å². The lowest BCUT2D eigenvalue weighted by atomic mass is 10.1. The summed E-state index contributed by atoms with van der Waals surface area (Å²) in [6.45, 7) is 2.40. The number of alkyl halides is 2. The molecular formula is C16H19F2NO3S2. The van der Waals surface area contributed by atoms with E-state index in [0.29, 0.717) is 29.8 Å². The topological polar surface area (TPSA) is 59.3 Å². The van der Waals surface area contributed by atoms with Crippen LogP contribution in [0.2, 0.25) is 0 Å². The van der Waals surface area contributed by atoms with Crippen molar-refractivity contribution in [2.75, 3.05) is 6.26 Å². The van der Waals surface area contributed by atoms with Crippen LogP contribution in [-0.2, 0) is 22.1 Å². The van der Waals surface area contributed by atoms with E-state index in [2.05, 4.69) is 5.32 Å². The first-order chi connectivity index (χ1) is 11.3. The van der Waals surface area contributed by atoms with E-state index in [1.807, 2.05) is 6.92 Å². The first-order valence-electron chi connectivity index (χ1n) is 7.26. The number of hydrogen-bond donors (Lipinski definition) is 1. The minimum absolute atomic E-state index is 0.0115. The van der Waals surface area contributed by atoms with E-state index in [0.717, 1.165) is 5.56 Å². The van der Waals surface area contributed by atoms with E-state index in [4.69, 9.17) is 4.42 Å². The highest BCUT2D eigenvalue weighted by atomic mass is 32.2. The molecule has 0 aliphatic rings. The molecule has 1 N–H and O–H groups in total. The van der Waals surface area contributed by atoms with E-state index in [-0.39, 0.29) is 16.7 Å². The second-order valence-electron chi connectivity index (χ2n) is 5.38. The van der Waals surface area contributed by atoms with Crippen molar-refractivity contribution in [1.82, 2.24) is 5.32 Å². The molecule has 0 radical (unpaired) electrons. The lowest BCUT2D eigenvalue weighted by molar-refractivity contribution is 0.251. The summed E-state index contributed by atoms with van der Waals surface area (Å²) in [5.41, 5.74) is 0.947. The summed E-state index contributed by atoms with van der Waals surface area (Å²) in [5, 5.41) is 3.25. The second-order valence-corrected chi connectivity index (χ2v) is 8.38. The molecule has 2 aromatic rings. The van der Waals surface area contributed by atoms with Gasteiger partial charge in [-0.3, -0.25) is 0 Å². The Morgan fingerprint density at radius 3 is 2.33 bits per heavy atom. The number of nitrogens with one attached hydrogen (secondary N) is 1. The Kier molecular flexibility index (Phi) is 6.42. The van der Waals surface area contributed by atoms with Crippen molar-refractivity contribution in [2.24, 2.45) is 0 Å². The number of thioether (sulfide) groups is 1. The van der Waals surface area contributed by atoms with Crippen LogP contribution < -0.4 is 5.32 Å². The Morgan fingerprint density at radius 1 is 1.12 bits per heavy atom. The highest BCUT2D eigenvalue weighted by molar-refractivity contribution is 7.98. The lowest BCUT2D eigenvalue weighted by Gasteiger charge is -2.13. The summed E-state index contributed by atoms with van der Waals surface area (Å²) in [7, 11) is -3.20. The molecule has 1 aromatic carbocycles. The third-order valence-electron chi connectivity index (χ3n) is 3.46. The van der Waals surface area contributed by atoms with Gasteiger partial charge in [0.1, 0.15) is 11.5 Å². The first-order valence-corrected chi connectivity index (χ1v) is 10.2. The van der Waals surface area contributed by atoms with Gasteiger partial charge in [-0.25, -0.2) is 8.42 Å². The summed E-state index contributed by atoms with van der Waals surface area (Å²) in [6.07, 6.45) is 1.17. The molecule has 8 heteroatoms. The zero-order valence-corrected chi connectivity index (χ0v) is 15.0. The summed E-state index contributed by atoms with van der Waals surface area (Å²) >= 11 is 0.526. The van der Waals surface area contributed by atoms with Gasteiger partial charge in [-0.1, -0.05) is 23.9 Å². The van der Waals surface area contributed by atoms with Gasteiger partial charge in [-0.15, -0.1) is 0 Å². The lowest BCUT2D eigenvalue weighted by Crippen LogP contribution is -2.17. The SMILES string of the molecule is CC(NCc1ccc(CSC(F)F)o1)c1ccc(S(C)(=O)=O)cc1. The molecule has 132 valence electrons. The van der Waals surface area contributed by atoms with Crippen molar-refractivity contribution >= 4 is 21.6 Å². The van der Waals surface area contributed by atoms with Crippen LogP contribution in [0.15, 0.2) is 45.7 Å². The molecule has 1 aromatic heterocycles. The fourth-order valence-electron chi connectivity index (χ4n) is 2.12. The van der Waals surface area contributed by atoms with Crippen molar-refractivity contribution in [3.05, 3.63) is 53.5 Å².